The molecule has 1 unspecified atom stereocenters. The van der Waals surface area contributed by atoms with Gasteiger partial charge in [0, 0.05) is 0 Å². The molecule has 3 rings (SSSR count). The predicted octanol–water partition coefficient (Wildman–Crippen LogP) is 3.78. The van der Waals surface area contributed by atoms with Crippen LogP contribution < -0.4 is 10.0 Å². The summed E-state index contributed by atoms with van der Waals surface area (Å²) in [5.41, 5.74) is 0.104. The molecule has 0 radical (unpaired) electrons. The first kappa shape index (κ1) is 17.7. The maximum atomic E-state index is 13.3. The minimum atomic E-state index is -1.09. The standard InChI is InChI=1S/C21H21N3O2/c1-15(2)21(3,14-22)18-19(25)23(16-10-6-4-7-11-16)24(20(18)26)17-12-8-5-9-13-17/h4-13,15,18H,1-3H3. The van der Waals surface area contributed by atoms with Gasteiger partial charge in [0.1, 0.15) is 5.92 Å². The van der Waals surface area contributed by atoms with E-state index < -0.39 is 11.3 Å². The molecule has 132 valence electrons. The first-order valence-electron chi connectivity index (χ1n) is 8.61. The number of anilines is 2. The molecule has 2 aromatic carbocycles. The molecule has 0 aromatic heterocycles. The van der Waals surface area contributed by atoms with Crippen LogP contribution in [0.2, 0.25) is 0 Å². The zero-order valence-corrected chi connectivity index (χ0v) is 15.1. The summed E-state index contributed by atoms with van der Waals surface area (Å²) < 4.78 is 0. The molecule has 1 fully saturated rings. The van der Waals surface area contributed by atoms with E-state index in [0.717, 1.165) is 0 Å². The van der Waals surface area contributed by atoms with Crippen LogP contribution in [0.15, 0.2) is 60.7 Å². The number of rotatable bonds is 4. The Balaban J connectivity index is 2.17. The van der Waals surface area contributed by atoms with Gasteiger partial charge in [-0.15, -0.1) is 0 Å². The van der Waals surface area contributed by atoms with Crippen LogP contribution in [0.5, 0.6) is 0 Å². The van der Waals surface area contributed by atoms with Crippen molar-refractivity contribution in [2.45, 2.75) is 20.8 Å². The highest BCUT2D eigenvalue weighted by Crippen LogP contribution is 2.43. The highest BCUT2D eigenvalue weighted by Gasteiger charge is 2.57. The van der Waals surface area contributed by atoms with Crippen LogP contribution in [0.25, 0.3) is 0 Å². The molecule has 5 nitrogen and oxygen atoms in total. The van der Waals surface area contributed by atoms with Crippen molar-refractivity contribution in [3.63, 3.8) is 0 Å². The molecule has 2 aromatic rings. The van der Waals surface area contributed by atoms with Gasteiger partial charge in [0.2, 0.25) is 0 Å². The number of benzene rings is 2. The Labute approximate surface area is 153 Å². The second-order valence-corrected chi connectivity index (χ2v) is 6.95. The van der Waals surface area contributed by atoms with Crippen LogP contribution in [0.1, 0.15) is 20.8 Å². The fraction of sp³-hybridized carbons (Fsp3) is 0.286. The molecule has 1 heterocycles. The molecule has 1 saturated heterocycles. The van der Waals surface area contributed by atoms with E-state index in [1.807, 2.05) is 50.2 Å². The van der Waals surface area contributed by atoms with Crippen molar-refractivity contribution in [3.05, 3.63) is 60.7 Å². The second kappa shape index (κ2) is 6.64. The Hall–Kier alpha value is -3.13. The van der Waals surface area contributed by atoms with Crippen LogP contribution in [0.3, 0.4) is 0 Å². The minimum Gasteiger partial charge on any atom is -0.272 e. The number of nitrogens with zero attached hydrogens (tertiary/aromatic N) is 3. The molecule has 1 atom stereocenters. The van der Waals surface area contributed by atoms with Crippen LogP contribution in [-0.4, -0.2) is 11.8 Å². The summed E-state index contributed by atoms with van der Waals surface area (Å²) in [4.78, 5) is 26.6. The van der Waals surface area contributed by atoms with Crippen molar-refractivity contribution in [1.82, 2.24) is 0 Å². The van der Waals surface area contributed by atoms with E-state index in [2.05, 4.69) is 6.07 Å². The molecule has 2 amide bonds. The monoisotopic (exact) mass is 347 g/mol. The summed E-state index contributed by atoms with van der Waals surface area (Å²) in [6.07, 6.45) is 0. The Morgan fingerprint density at radius 2 is 1.27 bits per heavy atom. The highest BCUT2D eigenvalue weighted by molar-refractivity contribution is 6.23. The summed E-state index contributed by atoms with van der Waals surface area (Å²) >= 11 is 0. The summed E-state index contributed by atoms with van der Waals surface area (Å²) in [6.45, 7) is 5.42. The normalized spacial score (nSPS) is 17.5. The molecule has 5 heteroatoms. The van der Waals surface area contributed by atoms with E-state index in [-0.39, 0.29) is 17.7 Å². The maximum absolute atomic E-state index is 13.3. The second-order valence-electron chi connectivity index (χ2n) is 6.95. The quantitative estimate of drug-likeness (QED) is 0.791. The van der Waals surface area contributed by atoms with Gasteiger partial charge in [-0.3, -0.25) is 9.59 Å². The van der Waals surface area contributed by atoms with E-state index in [4.69, 9.17) is 0 Å². The van der Waals surface area contributed by atoms with Gasteiger partial charge in [0.25, 0.3) is 11.8 Å². The average molecular weight is 347 g/mol. The molecule has 1 aliphatic rings. The number of amides is 2. The number of para-hydroxylation sites is 2. The molecule has 0 bridgehead atoms. The fourth-order valence-corrected chi connectivity index (χ4v) is 3.21. The number of hydrogen-bond acceptors (Lipinski definition) is 3. The minimum absolute atomic E-state index is 0.154. The first-order valence-corrected chi connectivity index (χ1v) is 8.61. The van der Waals surface area contributed by atoms with Crippen LogP contribution >= 0.6 is 0 Å². The van der Waals surface area contributed by atoms with Gasteiger partial charge in [-0.05, 0) is 37.1 Å². The Bertz CT molecular complexity index is 800. The zero-order chi connectivity index (χ0) is 18.9. The molecule has 26 heavy (non-hydrogen) atoms. The van der Waals surface area contributed by atoms with Gasteiger partial charge >= 0.3 is 0 Å². The smallest absolute Gasteiger partial charge is 0.260 e. The SMILES string of the molecule is CC(C)C(C)(C#N)C1C(=O)N(c2ccccc2)N(c2ccccc2)C1=O. The number of carbonyl (C=O) groups is 2. The van der Waals surface area contributed by atoms with E-state index in [1.165, 1.54) is 10.0 Å². The fourth-order valence-electron chi connectivity index (χ4n) is 3.21. The third-order valence-electron chi connectivity index (χ3n) is 5.15. The van der Waals surface area contributed by atoms with E-state index in [0.29, 0.717) is 11.4 Å². The van der Waals surface area contributed by atoms with Gasteiger partial charge in [-0.2, -0.15) is 5.26 Å². The third kappa shape index (κ3) is 2.64. The Kier molecular flexibility index (Phi) is 4.52. The van der Waals surface area contributed by atoms with Crippen LogP contribution in [0, 0.1) is 28.6 Å². The first-order chi connectivity index (χ1) is 12.4. The Morgan fingerprint density at radius 3 is 1.58 bits per heavy atom. The largest absolute Gasteiger partial charge is 0.272 e. The molecular formula is C21H21N3O2. The summed E-state index contributed by atoms with van der Waals surface area (Å²) in [6, 6.07) is 20.3. The summed E-state index contributed by atoms with van der Waals surface area (Å²) in [5.74, 6) is -1.95. The molecule has 0 aliphatic carbocycles. The van der Waals surface area contributed by atoms with E-state index in [9.17, 15) is 14.9 Å². The summed E-state index contributed by atoms with van der Waals surface area (Å²) in [7, 11) is 0. The molecule has 0 spiro atoms. The van der Waals surface area contributed by atoms with Gasteiger partial charge in [0.15, 0.2) is 0 Å². The van der Waals surface area contributed by atoms with Gasteiger partial charge in [-0.1, -0.05) is 50.2 Å². The van der Waals surface area contributed by atoms with Gasteiger partial charge in [0.05, 0.1) is 22.9 Å². The number of hydrogen-bond donors (Lipinski definition) is 0. The lowest BCUT2D eigenvalue weighted by atomic mass is 9.69. The average Bonchev–Trinajstić information content (AvgIpc) is 2.93. The van der Waals surface area contributed by atoms with Crippen LogP contribution in [-0.2, 0) is 9.59 Å². The van der Waals surface area contributed by atoms with Crippen LogP contribution in [0.4, 0.5) is 11.4 Å². The lowest BCUT2D eigenvalue weighted by molar-refractivity contribution is -0.131. The predicted molar refractivity (Wildman–Crippen MR) is 99.9 cm³/mol. The number of nitriles is 1. The van der Waals surface area contributed by atoms with Gasteiger partial charge < -0.3 is 0 Å². The Morgan fingerprint density at radius 1 is 0.885 bits per heavy atom. The molecule has 0 N–H and O–H groups in total. The maximum Gasteiger partial charge on any atom is 0.260 e. The molecule has 0 saturated carbocycles. The van der Waals surface area contributed by atoms with E-state index >= 15 is 0 Å². The van der Waals surface area contributed by atoms with Crippen molar-refractivity contribution in [1.29, 1.82) is 5.26 Å². The molecule has 1 aliphatic heterocycles. The van der Waals surface area contributed by atoms with E-state index in [1.54, 1.807) is 31.2 Å². The van der Waals surface area contributed by atoms with Gasteiger partial charge in [-0.25, -0.2) is 10.0 Å². The van der Waals surface area contributed by atoms with Crippen molar-refractivity contribution in [2.75, 3.05) is 10.0 Å². The third-order valence-corrected chi connectivity index (χ3v) is 5.15. The molecular weight excluding hydrogens is 326 g/mol. The van der Waals surface area contributed by atoms with Crippen molar-refractivity contribution in [3.8, 4) is 6.07 Å². The van der Waals surface area contributed by atoms with Crippen molar-refractivity contribution in [2.24, 2.45) is 17.3 Å². The topological polar surface area (TPSA) is 64.4 Å². The van der Waals surface area contributed by atoms with Crippen molar-refractivity contribution < 1.29 is 9.59 Å². The lowest BCUT2D eigenvalue weighted by Crippen LogP contribution is -2.41. The number of carbonyl (C=O) groups excluding carboxylic acids is 2. The number of hydrazine groups is 1. The highest BCUT2D eigenvalue weighted by atomic mass is 16.2. The lowest BCUT2D eigenvalue weighted by Gasteiger charge is -2.29. The summed E-state index contributed by atoms with van der Waals surface area (Å²) in [5, 5.41) is 12.6. The zero-order valence-electron chi connectivity index (χ0n) is 15.1. The van der Waals surface area contributed by atoms with Crippen molar-refractivity contribution >= 4 is 23.2 Å².